The van der Waals surface area contributed by atoms with Crippen LogP contribution in [0, 0.1) is 16.2 Å². The Hall–Kier alpha value is -0.600. The van der Waals surface area contributed by atoms with Crippen molar-refractivity contribution in [2.45, 2.75) is 6.10 Å². The highest BCUT2D eigenvalue weighted by atomic mass is 16.3. The van der Waals surface area contributed by atoms with Crippen molar-refractivity contribution in [2.24, 2.45) is 16.2 Å². The van der Waals surface area contributed by atoms with Crippen molar-refractivity contribution < 1.29 is 76.6 Å². The molecular formula is C18H44O15. The molecule has 0 radical (unpaired) electrons. The first-order chi connectivity index (χ1) is 15.5. The maximum atomic E-state index is 8.50. The summed E-state index contributed by atoms with van der Waals surface area (Å²) in [6, 6.07) is 0. The van der Waals surface area contributed by atoms with Crippen LogP contribution in [0.5, 0.6) is 0 Å². The van der Waals surface area contributed by atoms with Crippen molar-refractivity contribution in [3.05, 3.63) is 0 Å². The summed E-state index contributed by atoms with van der Waals surface area (Å²) >= 11 is 0. The van der Waals surface area contributed by atoms with Crippen molar-refractivity contribution in [2.75, 3.05) is 92.5 Å². The third-order valence-corrected chi connectivity index (χ3v) is 4.45. The average Bonchev–Trinajstić information content (AvgIpc) is 2.90. The number of hydrogen-bond acceptors (Lipinski definition) is 15. The lowest BCUT2D eigenvalue weighted by Crippen LogP contribution is -2.37. The van der Waals surface area contributed by atoms with Crippen molar-refractivity contribution in [3.63, 3.8) is 0 Å². The first-order valence-electron chi connectivity index (χ1n) is 9.74. The molecule has 0 heterocycles. The summed E-state index contributed by atoms with van der Waals surface area (Å²) in [6.07, 6.45) is -0.954. The van der Waals surface area contributed by atoms with Crippen LogP contribution in [0.3, 0.4) is 0 Å². The van der Waals surface area contributed by atoms with Crippen LogP contribution in [-0.2, 0) is 0 Å². The molecule has 15 heteroatoms. The number of aliphatic hydroxyl groups excluding tert-OH is 15. The molecule has 0 amide bonds. The molecule has 0 unspecified atom stereocenters. The molecule has 0 saturated heterocycles. The van der Waals surface area contributed by atoms with E-state index in [0.29, 0.717) is 0 Å². The molecule has 0 aromatic carbocycles. The topological polar surface area (TPSA) is 303 Å². The Bertz CT molecular complexity index is 270. The van der Waals surface area contributed by atoms with Crippen LogP contribution >= 0.6 is 0 Å². The van der Waals surface area contributed by atoms with Crippen LogP contribution in [0.1, 0.15) is 0 Å². The zero-order chi connectivity index (χ0) is 27.0. The largest absolute Gasteiger partial charge is 0.396 e. The van der Waals surface area contributed by atoms with E-state index in [0.717, 1.165) is 0 Å². The van der Waals surface area contributed by atoms with Gasteiger partial charge in [0.15, 0.2) is 0 Å². The lowest BCUT2D eigenvalue weighted by Gasteiger charge is -2.23. The monoisotopic (exact) mass is 500 g/mol. The quantitative estimate of drug-likeness (QED) is 0.105. The van der Waals surface area contributed by atoms with Gasteiger partial charge < -0.3 is 76.6 Å². The molecule has 0 fully saturated rings. The first kappa shape index (κ1) is 39.6. The van der Waals surface area contributed by atoms with Gasteiger partial charge in [-0.05, 0) is 0 Å². The second kappa shape index (κ2) is 24.5. The molecular weight excluding hydrogens is 456 g/mol. The lowest BCUT2D eigenvalue weighted by atomic mass is 9.93. The fraction of sp³-hybridized carbons (Fsp3) is 1.00. The third kappa shape index (κ3) is 17.5. The molecule has 33 heavy (non-hydrogen) atoms. The molecule has 0 aliphatic carbocycles. The van der Waals surface area contributed by atoms with Gasteiger partial charge >= 0.3 is 0 Å². The molecule has 0 aliphatic heterocycles. The van der Waals surface area contributed by atoms with Gasteiger partial charge in [-0.1, -0.05) is 0 Å². The number of rotatable bonds is 14. The van der Waals surface area contributed by atoms with Crippen LogP contribution in [0.25, 0.3) is 0 Å². The van der Waals surface area contributed by atoms with Gasteiger partial charge in [-0.3, -0.25) is 0 Å². The average molecular weight is 501 g/mol. The highest BCUT2D eigenvalue weighted by molar-refractivity contribution is 4.76. The van der Waals surface area contributed by atoms with Crippen molar-refractivity contribution >= 4 is 0 Å². The number of hydrogen-bond donors (Lipinski definition) is 15. The Morgan fingerprint density at radius 3 is 0.424 bits per heavy atom. The lowest BCUT2D eigenvalue weighted by molar-refractivity contribution is -0.0332. The fourth-order valence-corrected chi connectivity index (χ4v) is 0.958. The molecule has 0 spiro atoms. The molecule has 0 aromatic heterocycles. The van der Waals surface area contributed by atoms with Gasteiger partial charge in [-0.15, -0.1) is 0 Å². The van der Waals surface area contributed by atoms with Crippen molar-refractivity contribution in [1.82, 2.24) is 0 Å². The smallest absolute Gasteiger partial charge is 0.100 e. The van der Waals surface area contributed by atoms with E-state index < -0.39 is 102 Å². The van der Waals surface area contributed by atoms with Gasteiger partial charge in [0.1, 0.15) is 6.10 Å². The summed E-state index contributed by atoms with van der Waals surface area (Å²) < 4.78 is 0. The Balaban J connectivity index is -0.000000172. The Morgan fingerprint density at radius 1 is 0.303 bits per heavy atom. The van der Waals surface area contributed by atoms with E-state index in [2.05, 4.69) is 0 Å². The molecule has 15 N–H and O–H groups in total. The summed E-state index contributed by atoms with van der Waals surface area (Å²) in [5.41, 5.74) is -3.33. The van der Waals surface area contributed by atoms with Gasteiger partial charge in [0, 0.05) is 0 Å². The van der Waals surface area contributed by atoms with Crippen molar-refractivity contribution in [1.29, 1.82) is 0 Å². The highest BCUT2D eigenvalue weighted by Crippen LogP contribution is 2.13. The van der Waals surface area contributed by atoms with Crippen LogP contribution in [-0.4, -0.2) is 175 Å². The van der Waals surface area contributed by atoms with E-state index in [9.17, 15) is 0 Å². The van der Waals surface area contributed by atoms with E-state index >= 15 is 0 Å². The highest BCUT2D eigenvalue weighted by Gasteiger charge is 2.27. The SMILES string of the molecule is OCC(CO)(CO)CO.OCC(CO)(CO)CO.OCC(CO)(CO)CO.OCC(O)CO. The van der Waals surface area contributed by atoms with Gasteiger partial charge in [-0.25, -0.2) is 0 Å². The zero-order valence-electron chi connectivity index (χ0n) is 18.7. The van der Waals surface area contributed by atoms with E-state index in [4.69, 9.17) is 76.6 Å². The maximum absolute atomic E-state index is 8.50. The molecule has 0 saturated carbocycles. The first-order valence-corrected chi connectivity index (χ1v) is 9.74. The molecule has 0 rings (SSSR count). The molecule has 0 bridgehead atoms. The summed E-state index contributed by atoms with van der Waals surface area (Å²) in [4.78, 5) is 0. The van der Waals surface area contributed by atoms with E-state index in [1.54, 1.807) is 0 Å². The molecule has 0 aliphatic rings. The predicted octanol–water partition coefficient (Wildman–Crippen LogP) is -7.84. The van der Waals surface area contributed by atoms with Crippen LogP contribution in [0.2, 0.25) is 0 Å². The maximum Gasteiger partial charge on any atom is 0.100 e. The Labute approximate surface area is 192 Å². The van der Waals surface area contributed by atoms with E-state index in [1.807, 2.05) is 0 Å². The summed E-state index contributed by atoms with van der Waals surface area (Å²) in [5, 5.41) is 126. The van der Waals surface area contributed by atoms with Gasteiger partial charge in [0.2, 0.25) is 0 Å². The van der Waals surface area contributed by atoms with Crippen LogP contribution < -0.4 is 0 Å². The summed E-state index contributed by atoms with van der Waals surface area (Å²) in [7, 11) is 0. The van der Waals surface area contributed by atoms with Gasteiger partial charge in [0.05, 0.1) is 109 Å². The van der Waals surface area contributed by atoms with Gasteiger partial charge in [-0.2, -0.15) is 0 Å². The second-order valence-electron chi connectivity index (χ2n) is 7.42. The summed E-state index contributed by atoms with van der Waals surface area (Å²) in [5.74, 6) is 0. The van der Waals surface area contributed by atoms with Crippen LogP contribution in [0.15, 0.2) is 0 Å². The van der Waals surface area contributed by atoms with Crippen LogP contribution in [0.4, 0.5) is 0 Å². The second-order valence-corrected chi connectivity index (χ2v) is 7.42. The van der Waals surface area contributed by atoms with Crippen molar-refractivity contribution in [3.8, 4) is 0 Å². The van der Waals surface area contributed by atoms with E-state index in [-0.39, 0.29) is 13.2 Å². The normalized spacial score (nSPS) is 11.6. The third-order valence-electron chi connectivity index (χ3n) is 4.45. The Kier molecular flexibility index (Phi) is 29.4. The molecule has 15 nitrogen and oxygen atoms in total. The minimum atomic E-state index is -1.11. The molecule has 0 aromatic rings. The zero-order valence-corrected chi connectivity index (χ0v) is 18.7. The minimum Gasteiger partial charge on any atom is -0.396 e. The van der Waals surface area contributed by atoms with E-state index in [1.165, 1.54) is 0 Å². The summed E-state index contributed by atoms with van der Waals surface area (Å²) in [6.45, 7) is -5.60. The fourth-order valence-electron chi connectivity index (χ4n) is 0.958. The predicted molar refractivity (Wildman–Crippen MR) is 113 cm³/mol. The minimum absolute atomic E-state index is 0.365. The molecule has 206 valence electrons. The number of aliphatic hydroxyl groups is 15. The molecule has 0 atom stereocenters. The van der Waals surface area contributed by atoms with Gasteiger partial charge in [0.25, 0.3) is 0 Å². The Morgan fingerprint density at radius 2 is 0.424 bits per heavy atom. The standard InChI is InChI=1S/3C5H12O4.C3H8O3/c3*6-1-5(2-7,3-8)4-9;4-1-3(6)2-5/h3*6-9H,1-4H2;3-6H,1-2H2.